The molecule has 2 aromatic carbocycles. The Kier molecular flexibility index (Phi) is 5.25. The van der Waals surface area contributed by atoms with Gasteiger partial charge >= 0.3 is 0 Å². The van der Waals surface area contributed by atoms with E-state index in [1.165, 1.54) is 5.56 Å². The fourth-order valence-electron chi connectivity index (χ4n) is 2.69. The molecule has 1 N–H and O–H groups in total. The van der Waals surface area contributed by atoms with Crippen molar-refractivity contribution in [3.05, 3.63) is 78.0 Å². The molecule has 4 aromatic rings. The van der Waals surface area contributed by atoms with Gasteiger partial charge in [-0.3, -0.25) is 4.79 Å². The molecule has 0 saturated heterocycles. The topological polar surface area (TPSA) is 68.3 Å². The molecule has 0 atom stereocenters. The number of benzene rings is 2. The number of hydrogen-bond donors (Lipinski definition) is 1. The number of furan rings is 1. The van der Waals surface area contributed by atoms with Crippen LogP contribution in [0, 0.1) is 0 Å². The van der Waals surface area contributed by atoms with Crippen LogP contribution in [0.15, 0.2) is 75.7 Å². The zero-order chi connectivity index (χ0) is 18.5. The number of hydrogen-bond acceptors (Lipinski definition) is 5. The van der Waals surface area contributed by atoms with Gasteiger partial charge in [-0.1, -0.05) is 53.7 Å². The Balaban J connectivity index is 1.28. The number of thioether (sulfide) groups is 1. The summed E-state index contributed by atoms with van der Waals surface area (Å²) in [7, 11) is 0. The third-order valence-corrected chi connectivity index (χ3v) is 5.04. The van der Waals surface area contributed by atoms with Gasteiger partial charge in [0.25, 0.3) is 0 Å². The maximum Gasteiger partial charge on any atom is 0.230 e. The quantitative estimate of drug-likeness (QED) is 0.507. The first-order chi connectivity index (χ1) is 13.3. The summed E-state index contributed by atoms with van der Waals surface area (Å²) in [5, 5.41) is 7.88. The lowest BCUT2D eigenvalue weighted by molar-refractivity contribution is -0.118. The number of fused-ring (bicyclic) bond motifs is 1. The SMILES string of the molecule is O=C(CSCc1ccccc1)NCc1cc(-c2cc3ccccc3o2)on1. The summed E-state index contributed by atoms with van der Waals surface area (Å²) in [6.07, 6.45) is 0. The van der Waals surface area contributed by atoms with Crippen LogP contribution in [0.5, 0.6) is 0 Å². The van der Waals surface area contributed by atoms with Crippen LogP contribution in [0.25, 0.3) is 22.5 Å². The molecule has 2 heterocycles. The van der Waals surface area contributed by atoms with E-state index in [9.17, 15) is 4.79 Å². The average Bonchev–Trinajstić information content (AvgIpc) is 3.34. The second-order valence-corrected chi connectivity index (χ2v) is 7.07. The van der Waals surface area contributed by atoms with Gasteiger partial charge in [-0.15, -0.1) is 11.8 Å². The fourth-order valence-corrected chi connectivity index (χ4v) is 3.51. The number of carbonyl (C=O) groups excluding carboxylic acids is 1. The molecule has 1 amide bonds. The van der Waals surface area contributed by atoms with Crippen LogP contribution in [-0.4, -0.2) is 16.8 Å². The molecule has 136 valence electrons. The Morgan fingerprint density at radius 3 is 2.67 bits per heavy atom. The highest BCUT2D eigenvalue weighted by atomic mass is 32.2. The molecule has 0 fully saturated rings. The van der Waals surface area contributed by atoms with E-state index in [4.69, 9.17) is 8.94 Å². The van der Waals surface area contributed by atoms with E-state index in [0.717, 1.165) is 16.7 Å². The van der Waals surface area contributed by atoms with Crippen molar-refractivity contribution < 1.29 is 13.7 Å². The third-order valence-electron chi connectivity index (χ3n) is 4.04. The molecule has 2 aromatic heterocycles. The summed E-state index contributed by atoms with van der Waals surface area (Å²) in [5.41, 5.74) is 2.67. The molecule has 0 aliphatic heterocycles. The summed E-state index contributed by atoms with van der Waals surface area (Å²) in [4.78, 5) is 12.0. The van der Waals surface area contributed by atoms with Gasteiger partial charge in [0.1, 0.15) is 11.3 Å². The largest absolute Gasteiger partial charge is 0.453 e. The molecule has 5 nitrogen and oxygen atoms in total. The lowest BCUT2D eigenvalue weighted by Crippen LogP contribution is -2.24. The van der Waals surface area contributed by atoms with E-state index in [1.807, 2.05) is 48.5 Å². The minimum absolute atomic E-state index is 0.0239. The lowest BCUT2D eigenvalue weighted by atomic mass is 10.2. The molecule has 0 aliphatic carbocycles. The summed E-state index contributed by atoms with van der Waals surface area (Å²) in [5.74, 6) is 2.37. The summed E-state index contributed by atoms with van der Waals surface area (Å²) >= 11 is 1.58. The predicted octanol–water partition coefficient (Wildman–Crippen LogP) is 4.64. The van der Waals surface area contributed by atoms with Gasteiger partial charge in [0, 0.05) is 17.2 Å². The number of carbonyl (C=O) groups is 1. The van der Waals surface area contributed by atoms with Gasteiger partial charge in [0.05, 0.1) is 12.3 Å². The molecule has 4 rings (SSSR count). The van der Waals surface area contributed by atoms with Crippen molar-refractivity contribution in [2.24, 2.45) is 0 Å². The zero-order valence-corrected chi connectivity index (χ0v) is 15.4. The standard InChI is InChI=1S/C21H18N2O3S/c24-21(14-27-13-15-6-2-1-3-7-15)22-12-17-11-20(26-23-17)19-10-16-8-4-5-9-18(16)25-19/h1-11H,12-14H2,(H,22,24). The van der Waals surface area contributed by atoms with Gasteiger partial charge in [-0.05, 0) is 17.7 Å². The Bertz CT molecular complexity index is 1010. The average molecular weight is 378 g/mol. The minimum Gasteiger partial charge on any atom is -0.453 e. The number of para-hydroxylation sites is 1. The minimum atomic E-state index is -0.0239. The first-order valence-corrected chi connectivity index (χ1v) is 9.76. The van der Waals surface area contributed by atoms with E-state index in [0.29, 0.717) is 29.5 Å². The van der Waals surface area contributed by atoms with Gasteiger partial charge in [-0.25, -0.2) is 0 Å². The van der Waals surface area contributed by atoms with Gasteiger partial charge < -0.3 is 14.3 Å². The van der Waals surface area contributed by atoms with E-state index < -0.39 is 0 Å². The molecule has 0 unspecified atom stereocenters. The number of rotatable bonds is 7. The maximum absolute atomic E-state index is 12.0. The Labute approximate surface area is 160 Å². The molecule has 6 heteroatoms. The molecule has 27 heavy (non-hydrogen) atoms. The molecule has 0 saturated carbocycles. The molecule has 0 spiro atoms. The highest BCUT2D eigenvalue weighted by molar-refractivity contribution is 7.99. The van der Waals surface area contributed by atoms with Crippen LogP contribution >= 0.6 is 11.8 Å². The molecule has 0 radical (unpaired) electrons. The van der Waals surface area contributed by atoms with Crippen molar-refractivity contribution in [2.45, 2.75) is 12.3 Å². The smallest absolute Gasteiger partial charge is 0.230 e. The van der Waals surface area contributed by atoms with Crippen molar-refractivity contribution in [3.8, 4) is 11.5 Å². The number of aromatic nitrogens is 1. The van der Waals surface area contributed by atoms with Crippen LogP contribution in [0.4, 0.5) is 0 Å². The third kappa shape index (κ3) is 4.41. The molecular formula is C21H18N2O3S. The normalized spacial score (nSPS) is 11.0. The van der Waals surface area contributed by atoms with Crippen LogP contribution in [-0.2, 0) is 17.1 Å². The van der Waals surface area contributed by atoms with Gasteiger partial charge in [-0.2, -0.15) is 0 Å². The second-order valence-electron chi connectivity index (χ2n) is 6.09. The van der Waals surface area contributed by atoms with Gasteiger partial charge in [0.2, 0.25) is 11.7 Å². The Hall–Kier alpha value is -2.99. The monoisotopic (exact) mass is 378 g/mol. The van der Waals surface area contributed by atoms with E-state index >= 15 is 0 Å². The molecular weight excluding hydrogens is 360 g/mol. The summed E-state index contributed by atoms with van der Waals surface area (Å²) in [6, 6.07) is 21.6. The summed E-state index contributed by atoms with van der Waals surface area (Å²) in [6.45, 7) is 0.328. The van der Waals surface area contributed by atoms with Crippen molar-refractivity contribution in [2.75, 3.05) is 5.75 Å². The van der Waals surface area contributed by atoms with E-state index in [2.05, 4.69) is 22.6 Å². The first kappa shape index (κ1) is 17.4. The van der Waals surface area contributed by atoms with Crippen molar-refractivity contribution in [3.63, 3.8) is 0 Å². The first-order valence-electron chi connectivity index (χ1n) is 8.61. The maximum atomic E-state index is 12.0. The van der Waals surface area contributed by atoms with E-state index in [1.54, 1.807) is 17.8 Å². The lowest BCUT2D eigenvalue weighted by Gasteiger charge is -2.03. The summed E-state index contributed by atoms with van der Waals surface area (Å²) < 4.78 is 11.1. The number of nitrogens with one attached hydrogen (secondary N) is 1. The predicted molar refractivity (Wildman–Crippen MR) is 106 cm³/mol. The molecule has 0 aliphatic rings. The zero-order valence-electron chi connectivity index (χ0n) is 14.6. The molecule has 0 bridgehead atoms. The van der Waals surface area contributed by atoms with Crippen molar-refractivity contribution in [1.29, 1.82) is 0 Å². The Morgan fingerprint density at radius 1 is 1.00 bits per heavy atom. The van der Waals surface area contributed by atoms with Crippen molar-refractivity contribution in [1.82, 2.24) is 10.5 Å². The number of amides is 1. The second kappa shape index (κ2) is 8.14. The fraction of sp³-hybridized carbons (Fsp3) is 0.143. The van der Waals surface area contributed by atoms with Crippen LogP contribution in [0.3, 0.4) is 0 Å². The number of nitrogens with zero attached hydrogens (tertiary/aromatic N) is 1. The highest BCUT2D eigenvalue weighted by Gasteiger charge is 2.12. The highest BCUT2D eigenvalue weighted by Crippen LogP contribution is 2.28. The Morgan fingerprint density at radius 2 is 1.81 bits per heavy atom. The van der Waals surface area contributed by atoms with E-state index in [-0.39, 0.29) is 5.91 Å². The van der Waals surface area contributed by atoms with Gasteiger partial charge in [0.15, 0.2) is 5.76 Å². The van der Waals surface area contributed by atoms with Crippen LogP contribution in [0.1, 0.15) is 11.3 Å². The van der Waals surface area contributed by atoms with Crippen LogP contribution in [0.2, 0.25) is 0 Å². The van der Waals surface area contributed by atoms with Crippen molar-refractivity contribution >= 4 is 28.6 Å². The van der Waals surface area contributed by atoms with Crippen LogP contribution < -0.4 is 5.32 Å².